The van der Waals surface area contributed by atoms with E-state index in [0.717, 1.165) is 20.5 Å². The molecule has 1 saturated heterocycles. The summed E-state index contributed by atoms with van der Waals surface area (Å²) in [6, 6.07) is 23.5. The van der Waals surface area contributed by atoms with E-state index >= 15 is 0 Å². The number of carboxylic acid groups (broad SMARTS) is 3. The van der Waals surface area contributed by atoms with E-state index in [1.54, 1.807) is 19.1 Å². The van der Waals surface area contributed by atoms with Gasteiger partial charge in [-0.15, -0.1) is 0 Å². The van der Waals surface area contributed by atoms with Crippen molar-refractivity contribution in [3.63, 3.8) is 0 Å². The molecule has 0 spiro atoms. The third kappa shape index (κ3) is 7.58. The van der Waals surface area contributed by atoms with Gasteiger partial charge in [0.1, 0.15) is 18.0 Å². The standard InChI is InChI=1S/C31H30BrNO10/c1-19(33(17-27(34)35)28(36)26-18-41-31(43-26,29(37)38)30(39)40)25(16-7-20-5-3-2-4-6-20)21-8-12-23(13-9-21)42-24-14-10-22(32)11-15-24/h2-6,8-15,19,25-26H,7,16-18H2,1H3,(H,34,35)(H,37,38)(H,39,40). The summed E-state index contributed by atoms with van der Waals surface area (Å²) in [5.41, 5.74) is 1.86. The molecule has 1 aliphatic rings. The normalized spacial score (nSPS) is 17.0. The molecule has 1 amide bonds. The maximum Gasteiger partial charge on any atom is 0.377 e. The summed E-state index contributed by atoms with van der Waals surface area (Å²) in [6.45, 7) is 0.302. The Balaban J connectivity index is 1.61. The summed E-state index contributed by atoms with van der Waals surface area (Å²) in [6.07, 6.45) is -0.491. The molecule has 226 valence electrons. The number of aliphatic carboxylic acids is 3. The Bertz CT molecular complexity index is 1430. The minimum absolute atomic E-state index is 0.378. The van der Waals surface area contributed by atoms with Crippen LogP contribution >= 0.6 is 15.9 Å². The van der Waals surface area contributed by atoms with Gasteiger partial charge >= 0.3 is 23.7 Å². The van der Waals surface area contributed by atoms with Crippen LogP contribution in [0.3, 0.4) is 0 Å². The zero-order chi connectivity index (χ0) is 31.1. The molecule has 3 aromatic carbocycles. The van der Waals surface area contributed by atoms with Gasteiger partial charge in [-0.3, -0.25) is 9.59 Å². The second kappa shape index (κ2) is 13.8. The lowest BCUT2D eigenvalue weighted by atomic mass is 9.85. The molecular formula is C31H30BrNO10. The van der Waals surface area contributed by atoms with Gasteiger partial charge in [0.15, 0.2) is 6.10 Å². The number of benzene rings is 3. The Hall–Kier alpha value is -4.26. The molecular weight excluding hydrogens is 626 g/mol. The highest BCUT2D eigenvalue weighted by Gasteiger charge is 2.58. The van der Waals surface area contributed by atoms with Crippen molar-refractivity contribution in [1.82, 2.24) is 4.90 Å². The van der Waals surface area contributed by atoms with Gasteiger partial charge in [0, 0.05) is 16.4 Å². The summed E-state index contributed by atoms with van der Waals surface area (Å²) < 4.78 is 16.9. The number of rotatable bonds is 13. The lowest BCUT2D eigenvalue weighted by Crippen LogP contribution is -2.52. The van der Waals surface area contributed by atoms with Gasteiger partial charge in [-0.1, -0.05) is 58.4 Å². The minimum atomic E-state index is -3.06. The Morgan fingerprint density at radius 1 is 0.930 bits per heavy atom. The van der Waals surface area contributed by atoms with Crippen LogP contribution in [0.2, 0.25) is 0 Å². The predicted octanol–water partition coefficient (Wildman–Crippen LogP) is 4.54. The van der Waals surface area contributed by atoms with E-state index in [4.69, 9.17) is 14.2 Å². The van der Waals surface area contributed by atoms with Crippen LogP contribution in [0.1, 0.15) is 30.4 Å². The van der Waals surface area contributed by atoms with E-state index in [0.29, 0.717) is 24.3 Å². The first-order chi connectivity index (χ1) is 20.5. The first-order valence-electron chi connectivity index (χ1n) is 13.4. The fourth-order valence-electron chi connectivity index (χ4n) is 4.94. The largest absolute Gasteiger partial charge is 0.480 e. The number of carbonyl (C=O) groups excluding carboxylic acids is 1. The van der Waals surface area contributed by atoms with Crippen LogP contribution in [-0.4, -0.2) is 75.1 Å². The van der Waals surface area contributed by atoms with Gasteiger partial charge in [-0.05, 0) is 67.3 Å². The highest BCUT2D eigenvalue weighted by Crippen LogP contribution is 2.33. The van der Waals surface area contributed by atoms with Crippen molar-refractivity contribution in [3.05, 3.63) is 94.5 Å². The smallest absolute Gasteiger partial charge is 0.377 e. The van der Waals surface area contributed by atoms with Gasteiger partial charge in [0.2, 0.25) is 0 Å². The molecule has 0 bridgehead atoms. The number of aryl methyl sites for hydroxylation is 1. The molecule has 1 aliphatic heterocycles. The molecule has 12 heteroatoms. The molecule has 0 aromatic heterocycles. The van der Waals surface area contributed by atoms with E-state index in [2.05, 4.69) is 15.9 Å². The van der Waals surface area contributed by atoms with E-state index in [9.17, 15) is 34.5 Å². The fourth-order valence-corrected chi connectivity index (χ4v) is 5.21. The van der Waals surface area contributed by atoms with Gasteiger partial charge < -0.3 is 34.4 Å². The van der Waals surface area contributed by atoms with Gasteiger partial charge in [-0.25, -0.2) is 9.59 Å². The van der Waals surface area contributed by atoms with Crippen molar-refractivity contribution < 1.29 is 48.7 Å². The Morgan fingerprint density at radius 3 is 2.05 bits per heavy atom. The number of hydrogen-bond acceptors (Lipinski definition) is 7. The molecule has 11 nitrogen and oxygen atoms in total. The minimum Gasteiger partial charge on any atom is -0.480 e. The zero-order valence-corrected chi connectivity index (χ0v) is 24.7. The quantitative estimate of drug-likeness (QED) is 0.223. The van der Waals surface area contributed by atoms with Crippen LogP contribution in [-0.2, 0) is 35.1 Å². The van der Waals surface area contributed by atoms with Crippen molar-refractivity contribution in [2.24, 2.45) is 0 Å². The molecule has 3 unspecified atom stereocenters. The van der Waals surface area contributed by atoms with Crippen molar-refractivity contribution in [2.45, 2.75) is 43.6 Å². The van der Waals surface area contributed by atoms with Crippen LogP contribution in [0.15, 0.2) is 83.3 Å². The summed E-state index contributed by atoms with van der Waals surface area (Å²) in [7, 11) is 0. The number of carboxylic acids is 3. The first kappa shape index (κ1) is 31.7. The number of carbonyl (C=O) groups is 4. The third-order valence-electron chi connectivity index (χ3n) is 7.19. The number of ether oxygens (including phenoxy) is 3. The monoisotopic (exact) mass is 655 g/mol. The molecule has 3 aromatic rings. The molecule has 0 radical (unpaired) electrons. The maximum atomic E-state index is 13.6. The SMILES string of the molecule is CC(C(CCc1ccccc1)c1ccc(Oc2ccc(Br)cc2)cc1)N(CC(=O)O)C(=O)C1COC(C(=O)O)(C(=O)O)O1. The highest BCUT2D eigenvalue weighted by atomic mass is 79.9. The third-order valence-corrected chi connectivity index (χ3v) is 7.72. The van der Waals surface area contributed by atoms with Crippen LogP contribution in [0.25, 0.3) is 0 Å². The molecule has 1 fully saturated rings. The van der Waals surface area contributed by atoms with Crippen LogP contribution < -0.4 is 4.74 Å². The lowest BCUT2D eigenvalue weighted by Gasteiger charge is -2.35. The fraction of sp³-hybridized carbons (Fsp3) is 0.290. The summed E-state index contributed by atoms with van der Waals surface area (Å²) in [4.78, 5) is 49.8. The molecule has 4 rings (SSSR count). The molecule has 0 aliphatic carbocycles. The molecule has 43 heavy (non-hydrogen) atoms. The summed E-state index contributed by atoms with van der Waals surface area (Å²) >= 11 is 3.39. The van der Waals surface area contributed by atoms with Crippen molar-refractivity contribution in [2.75, 3.05) is 13.2 Å². The summed E-state index contributed by atoms with van der Waals surface area (Å²) in [5, 5.41) is 28.5. The molecule has 0 saturated carbocycles. The van der Waals surface area contributed by atoms with Crippen molar-refractivity contribution in [3.8, 4) is 11.5 Å². The predicted molar refractivity (Wildman–Crippen MR) is 156 cm³/mol. The molecule has 3 atom stereocenters. The van der Waals surface area contributed by atoms with Crippen LogP contribution in [0.4, 0.5) is 0 Å². The average Bonchev–Trinajstić information content (AvgIpc) is 3.46. The van der Waals surface area contributed by atoms with Gasteiger partial charge in [-0.2, -0.15) is 0 Å². The van der Waals surface area contributed by atoms with E-state index in [1.165, 1.54) is 0 Å². The average molecular weight is 656 g/mol. The summed E-state index contributed by atoms with van der Waals surface area (Å²) in [5.74, 6) is -8.28. The lowest BCUT2D eigenvalue weighted by molar-refractivity contribution is -0.218. The number of halogens is 1. The zero-order valence-electron chi connectivity index (χ0n) is 23.1. The highest BCUT2D eigenvalue weighted by molar-refractivity contribution is 9.10. The Morgan fingerprint density at radius 2 is 1.51 bits per heavy atom. The topological polar surface area (TPSA) is 160 Å². The van der Waals surface area contributed by atoms with E-state index in [-0.39, 0.29) is 5.92 Å². The van der Waals surface area contributed by atoms with Crippen LogP contribution in [0, 0.1) is 0 Å². The van der Waals surface area contributed by atoms with E-state index in [1.807, 2.05) is 66.7 Å². The van der Waals surface area contributed by atoms with Crippen molar-refractivity contribution in [1.29, 1.82) is 0 Å². The molecule has 3 N–H and O–H groups in total. The molecule has 1 heterocycles. The van der Waals surface area contributed by atoms with Crippen molar-refractivity contribution >= 4 is 39.7 Å². The van der Waals surface area contributed by atoms with Gasteiger partial charge in [0.05, 0.1) is 6.61 Å². The Kier molecular flexibility index (Phi) is 10.2. The van der Waals surface area contributed by atoms with E-state index < -0.39 is 54.9 Å². The maximum absolute atomic E-state index is 13.6. The second-order valence-corrected chi connectivity index (χ2v) is 10.9. The number of hydrogen-bond donors (Lipinski definition) is 3. The number of nitrogens with zero attached hydrogens (tertiary/aromatic N) is 1. The van der Waals surface area contributed by atoms with Gasteiger partial charge in [0.25, 0.3) is 5.91 Å². The first-order valence-corrected chi connectivity index (χ1v) is 14.2. The van der Waals surface area contributed by atoms with Crippen LogP contribution in [0.5, 0.6) is 11.5 Å². The number of amides is 1. The second-order valence-electron chi connectivity index (χ2n) is 10.0. The Labute approximate surface area is 255 Å².